The number of hydrogen-bond acceptors (Lipinski definition) is 1. The van der Waals surface area contributed by atoms with Gasteiger partial charge in [0.1, 0.15) is 0 Å². The molecule has 0 heterocycles. The molecule has 0 aromatic rings. The summed E-state index contributed by atoms with van der Waals surface area (Å²) in [7, 11) is 0. The molecule has 0 atom stereocenters. The lowest BCUT2D eigenvalue weighted by molar-refractivity contribution is 0.127. The Morgan fingerprint density at radius 1 is 1.25 bits per heavy atom. The molecule has 0 amide bonds. The maximum atomic E-state index is 11.6. The smallest absolute Gasteiger partial charge is 0.248 e. The highest BCUT2D eigenvalue weighted by Gasteiger charge is 2.19. The Morgan fingerprint density at radius 2 is 1.83 bits per heavy atom. The summed E-state index contributed by atoms with van der Waals surface area (Å²) in [4.78, 5) is 0. The van der Waals surface area contributed by atoms with Gasteiger partial charge in [-0.3, -0.25) is 4.39 Å². The molecule has 0 aromatic carbocycles. The zero-order chi connectivity index (χ0) is 9.45. The van der Waals surface area contributed by atoms with Crippen molar-refractivity contribution in [1.29, 1.82) is 0 Å². The van der Waals surface area contributed by atoms with Crippen LogP contribution in [0, 0.1) is 0 Å². The maximum absolute atomic E-state index is 11.6. The molecule has 0 unspecified atom stereocenters. The lowest BCUT2D eigenvalue weighted by Crippen LogP contribution is -2.13. The van der Waals surface area contributed by atoms with Gasteiger partial charge in [0, 0.05) is 13.2 Å². The van der Waals surface area contributed by atoms with Crippen LogP contribution in [0.1, 0.15) is 12.8 Å². The van der Waals surface area contributed by atoms with Crippen LogP contribution in [-0.2, 0) is 4.74 Å². The molecule has 0 aliphatic carbocycles. The first-order chi connectivity index (χ1) is 5.56. The minimum atomic E-state index is -1.94. The average molecular weight is 233 g/mol. The van der Waals surface area contributed by atoms with Gasteiger partial charge in [0.15, 0.2) is 0 Å². The standard InChI is InChI=1S/C7H15Cl2FOSi/c1-12(8,9)7-3-6-11-5-2-4-10/h2-7H2,1H3. The summed E-state index contributed by atoms with van der Waals surface area (Å²) in [6.45, 7) is 0.783. The second kappa shape index (κ2) is 7.13. The van der Waals surface area contributed by atoms with E-state index in [1.807, 2.05) is 6.55 Å². The quantitative estimate of drug-likeness (QED) is 0.372. The first kappa shape index (κ1) is 12.7. The predicted molar refractivity (Wildman–Crippen MR) is 54.2 cm³/mol. The molecule has 0 bridgehead atoms. The Kier molecular flexibility index (Phi) is 7.53. The molecule has 0 rings (SSSR count). The lowest BCUT2D eigenvalue weighted by atomic mass is 10.5. The summed E-state index contributed by atoms with van der Waals surface area (Å²) in [5, 5.41) is 0. The minimum Gasteiger partial charge on any atom is -0.381 e. The fourth-order valence-electron chi connectivity index (χ4n) is 0.743. The van der Waals surface area contributed by atoms with E-state index in [-0.39, 0.29) is 6.67 Å². The molecule has 1 nitrogen and oxygen atoms in total. The highest BCUT2D eigenvalue weighted by Crippen LogP contribution is 2.21. The van der Waals surface area contributed by atoms with Crippen LogP contribution in [0.4, 0.5) is 4.39 Å². The zero-order valence-electron chi connectivity index (χ0n) is 7.28. The van der Waals surface area contributed by atoms with Gasteiger partial charge in [-0.1, -0.05) is 0 Å². The van der Waals surface area contributed by atoms with E-state index in [0.29, 0.717) is 19.6 Å². The van der Waals surface area contributed by atoms with Crippen LogP contribution in [0.3, 0.4) is 0 Å². The largest absolute Gasteiger partial charge is 0.381 e. The highest BCUT2D eigenvalue weighted by atomic mass is 35.7. The van der Waals surface area contributed by atoms with Gasteiger partial charge in [0.25, 0.3) is 0 Å². The number of halogens is 3. The SMILES string of the molecule is C[Si](Cl)(Cl)CCCOCCCF. The summed E-state index contributed by atoms with van der Waals surface area (Å²) in [5.74, 6) is 0. The van der Waals surface area contributed by atoms with Gasteiger partial charge in [0.05, 0.1) is 6.67 Å². The van der Waals surface area contributed by atoms with Crippen molar-refractivity contribution in [2.75, 3.05) is 19.9 Å². The molecule has 0 saturated carbocycles. The fourth-order valence-corrected chi connectivity index (χ4v) is 2.31. The summed E-state index contributed by atoms with van der Waals surface area (Å²) in [6, 6.07) is 0.839. The number of ether oxygens (including phenoxy) is 1. The second-order valence-corrected chi connectivity index (χ2v) is 11.1. The number of alkyl halides is 1. The van der Waals surface area contributed by atoms with Crippen molar-refractivity contribution in [2.24, 2.45) is 0 Å². The van der Waals surface area contributed by atoms with E-state index in [0.717, 1.165) is 12.5 Å². The summed E-state index contributed by atoms with van der Waals surface area (Å²) < 4.78 is 16.7. The molecule has 0 saturated heterocycles. The van der Waals surface area contributed by atoms with E-state index in [1.165, 1.54) is 0 Å². The second-order valence-electron chi connectivity index (χ2n) is 2.83. The monoisotopic (exact) mass is 232 g/mol. The van der Waals surface area contributed by atoms with Gasteiger partial charge >= 0.3 is 0 Å². The Balaban J connectivity index is 3.01. The third kappa shape index (κ3) is 10.7. The van der Waals surface area contributed by atoms with Crippen molar-refractivity contribution in [1.82, 2.24) is 0 Å². The van der Waals surface area contributed by atoms with Gasteiger partial charge in [0.2, 0.25) is 6.69 Å². The van der Waals surface area contributed by atoms with E-state index in [4.69, 9.17) is 26.9 Å². The topological polar surface area (TPSA) is 9.23 Å². The molecule has 12 heavy (non-hydrogen) atoms. The Labute approximate surface area is 83.6 Å². The number of rotatable bonds is 7. The van der Waals surface area contributed by atoms with Crippen LogP contribution >= 0.6 is 22.2 Å². The van der Waals surface area contributed by atoms with Crippen LogP contribution in [0.15, 0.2) is 0 Å². The summed E-state index contributed by atoms with van der Waals surface area (Å²) in [5.41, 5.74) is 0. The van der Waals surface area contributed by atoms with Crippen molar-refractivity contribution in [3.8, 4) is 0 Å². The molecule has 0 aromatic heterocycles. The maximum Gasteiger partial charge on any atom is 0.248 e. The third-order valence-electron chi connectivity index (χ3n) is 1.33. The minimum absolute atomic E-state index is 0.308. The van der Waals surface area contributed by atoms with Crippen molar-refractivity contribution in [2.45, 2.75) is 25.4 Å². The summed E-state index contributed by atoms with van der Waals surface area (Å²) in [6.07, 6.45) is 1.36. The van der Waals surface area contributed by atoms with E-state index < -0.39 is 6.69 Å². The van der Waals surface area contributed by atoms with E-state index in [2.05, 4.69) is 0 Å². The van der Waals surface area contributed by atoms with Crippen LogP contribution in [-0.4, -0.2) is 26.6 Å². The van der Waals surface area contributed by atoms with Gasteiger partial charge < -0.3 is 4.74 Å². The fraction of sp³-hybridized carbons (Fsp3) is 1.00. The first-order valence-corrected chi connectivity index (χ1v) is 8.81. The molecule has 0 aliphatic rings. The summed E-state index contributed by atoms with van der Waals surface area (Å²) >= 11 is 11.7. The van der Waals surface area contributed by atoms with Crippen LogP contribution in [0.2, 0.25) is 12.6 Å². The van der Waals surface area contributed by atoms with Gasteiger partial charge in [-0.2, -0.15) is 0 Å². The Hall–Kier alpha value is 0.687. The molecule has 0 radical (unpaired) electrons. The molecule has 5 heteroatoms. The molecule has 0 aliphatic heterocycles. The van der Waals surface area contributed by atoms with Gasteiger partial charge in [-0.05, 0) is 25.4 Å². The lowest BCUT2D eigenvalue weighted by Gasteiger charge is -2.09. The van der Waals surface area contributed by atoms with Gasteiger partial charge in [-0.25, -0.2) is 0 Å². The van der Waals surface area contributed by atoms with Crippen LogP contribution in [0.5, 0.6) is 0 Å². The zero-order valence-corrected chi connectivity index (χ0v) is 9.80. The van der Waals surface area contributed by atoms with Crippen molar-refractivity contribution in [3.63, 3.8) is 0 Å². The predicted octanol–water partition coefficient (Wildman–Crippen LogP) is 3.30. The molecule has 0 N–H and O–H groups in total. The van der Waals surface area contributed by atoms with Crippen molar-refractivity contribution in [3.05, 3.63) is 0 Å². The Bertz CT molecular complexity index is 108. The van der Waals surface area contributed by atoms with Crippen LogP contribution < -0.4 is 0 Å². The molecular weight excluding hydrogens is 218 g/mol. The van der Waals surface area contributed by atoms with Crippen LogP contribution in [0.25, 0.3) is 0 Å². The number of hydrogen-bond donors (Lipinski definition) is 0. The molecule has 0 spiro atoms. The molecular formula is C7H15Cl2FOSi. The van der Waals surface area contributed by atoms with E-state index in [9.17, 15) is 4.39 Å². The first-order valence-electron chi connectivity index (χ1n) is 4.08. The Morgan fingerprint density at radius 3 is 2.33 bits per heavy atom. The molecule has 0 fully saturated rings. The van der Waals surface area contributed by atoms with Crippen molar-refractivity contribution >= 4 is 28.9 Å². The van der Waals surface area contributed by atoms with Gasteiger partial charge in [-0.15, -0.1) is 22.2 Å². The third-order valence-corrected chi connectivity index (χ3v) is 3.69. The highest BCUT2D eigenvalue weighted by molar-refractivity contribution is 7.44. The normalized spacial score (nSPS) is 12.0. The van der Waals surface area contributed by atoms with E-state index in [1.54, 1.807) is 0 Å². The molecule has 74 valence electrons. The average Bonchev–Trinajstić information content (AvgIpc) is 1.94. The van der Waals surface area contributed by atoms with E-state index >= 15 is 0 Å². The van der Waals surface area contributed by atoms with Crippen molar-refractivity contribution < 1.29 is 9.13 Å².